The van der Waals surface area contributed by atoms with Gasteiger partial charge in [0, 0.05) is 6.07 Å². The molecule has 1 N–H and O–H groups in total. The third kappa shape index (κ3) is 4.57. The Bertz CT molecular complexity index is 1090. The average Bonchev–Trinajstić information content (AvgIpc) is 3.45. The summed E-state index contributed by atoms with van der Waals surface area (Å²) in [6, 6.07) is 15.8. The number of carbonyl (C=O) groups is 1. The van der Waals surface area contributed by atoms with Gasteiger partial charge in [0.15, 0.2) is 16.8 Å². The molecular formula is C20H19N5O2S2. The fourth-order valence-electron chi connectivity index (χ4n) is 2.74. The number of amides is 1. The van der Waals surface area contributed by atoms with Crippen LogP contribution in [0.5, 0.6) is 0 Å². The maximum atomic E-state index is 12.6. The van der Waals surface area contributed by atoms with Crippen LogP contribution in [0.2, 0.25) is 0 Å². The molecule has 4 aromatic rings. The third-order valence-electron chi connectivity index (χ3n) is 4.17. The summed E-state index contributed by atoms with van der Waals surface area (Å²) in [5.41, 5.74) is 1.14. The lowest BCUT2D eigenvalue weighted by Crippen LogP contribution is -2.23. The van der Waals surface area contributed by atoms with Gasteiger partial charge >= 0.3 is 0 Å². The zero-order valence-corrected chi connectivity index (χ0v) is 17.5. The molecule has 0 fully saturated rings. The molecule has 0 aliphatic heterocycles. The molecular weight excluding hydrogens is 406 g/mol. The van der Waals surface area contributed by atoms with Gasteiger partial charge in [-0.15, -0.1) is 21.5 Å². The highest BCUT2D eigenvalue weighted by atomic mass is 32.2. The molecule has 1 aromatic carbocycles. The van der Waals surface area contributed by atoms with Crippen LogP contribution in [0, 0.1) is 6.92 Å². The Balaban J connectivity index is 1.57. The fourth-order valence-corrected chi connectivity index (χ4v) is 4.30. The highest BCUT2D eigenvalue weighted by molar-refractivity contribution is 8.00. The molecule has 7 nitrogen and oxygen atoms in total. The smallest absolute Gasteiger partial charge is 0.238 e. The van der Waals surface area contributed by atoms with Crippen LogP contribution in [0.4, 0.5) is 5.82 Å². The van der Waals surface area contributed by atoms with E-state index in [1.54, 1.807) is 24.3 Å². The quantitative estimate of drug-likeness (QED) is 0.440. The number of aromatic nitrogens is 4. The molecule has 29 heavy (non-hydrogen) atoms. The van der Waals surface area contributed by atoms with Crippen LogP contribution < -0.4 is 5.32 Å². The standard InChI is InChI=1S/C20H19N5O2S2/c1-13-11-17(24-27-13)21-19(26)14(2)29-20-23-22-18(16-9-6-10-28-16)25(20)12-15-7-4-3-5-8-15/h3-11,14H,12H2,1-2H3,(H,21,24,26). The topological polar surface area (TPSA) is 85.8 Å². The maximum Gasteiger partial charge on any atom is 0.238 e. The van der Waals surface area contributed by atoms with E-state index in [0.717, 1.165) is 16.3 Å². The van der Waals surface area contributed by atoms with Crippen LogP contribution in [0.3, 0.4) is 0 Å². The number of thiophene rings is 1. The largest absolute Gasteiger partial charge is 0.360 e. The van der Waals surface area contributed by atoms with Crippen molar-refractivity contribution in [1.82, 2.24) is 19.9 Å². The molecule has 0 saturated heterocycles. The van der Waals surface area contributed by atoms with Crippen molar-refractivity contribution >= 4 is 34.8 Å². The molecule has 9 heteroatoms. The summed E-state index contributed by atoms with van der Waals surface area (Å²) in [7, 11) is 0. The summed E-state index contributed by atoms with van der Waals surface area (Å²) < 4.78 is 7.05. The Morgan fingerprint density at radius 3 is 2.76 bits per heavy atom. The number of carbonyl (C=O) groups excluding carboxylic acids is 1. The van der Waals surface area contributed by atoms with E-state index in [4.69, 9.17) is 4.52 Å². The summed E-state index contributed by atoms with van der Waals surface area (Å²) >= 11 is 2.98. The first kappa shape index (κ1) is 19.4. The minimum atomic E-state index is -0.387. The van der Waals surface area contributed by atoms with Crippen molar-refractivity contribution in [3.8, 4) is 10.7 Å². The lowest BCUT2D eigenvalue weighted by atomic mass is 10.2. The van der Waals surface area contributed by atoms with Crippen molar-refractivity contribution in [3.63, 3.8) is 0 Å². The molecule has 148 valence electrons. The Morgan fingerprint density at radius 1 is 1.24 bits per heavy atom. The molecule has 0 bridgehead atoms. The number of nitrogens with zero attached hydrogens (tertiary/aromatic N) is 4. The van der Waals surface area contributed by atoms with Gasteiger partial charge in [-0.3, -0.25) is 9.36 Å². The molecule has 3 heterocycles. The number of nitrogens with one attached hydrogen (secondary N) is 1. The van der Waals surface area contributed by atoms with Crippen LogP contribution in [0.25, 0.3) is 10.7 Å². The number of rotatable bonds is 7. The summed E-state index contributed by atoms with van der Waals surface area (Å²) in [5, 5.41) is 17.7. The first-order valence-corrected chi connectivity index (χ1v) is 10.8. The van der Waals surface area contributed by atoms with Crippen LogP contribution in [0.1, 0.15) is 18.2 Å². The molecule has 0 saturated carbocycles. The molecule has 0 radical (unpaired) electrons. The van der Waals surface area contributed by atoms with Crippen LogP contribution in [0.15, 0.2) is 63.6 Å². The molecule has 0 aliphatic carbocycles. The van der Waals surface area contributed by atoms with Crippen molar-refractivity contribution < 1.29 is 9.32 Å². The number of aryl methyl sites for hydroxylation is 1. The molecule has 0 spiro atoms. The SMILES string of the molecule is Cc1cc(NC(=O)C(C)Sc2nnc(-c3cccs3)n2Cc2ccccc2)no1. The van der Waals surface area contributed by atoms with Crippen LogP contribution >= 0.6 is 23.1 Å². The second-order valence-corrected chi connectivity index (χ2v) is 8.68. The van der Waals surface area contributed by atoms with Gasteiger partial charge in [-0.05, 0) is 30.9 Å². The highest BCUT2D eigenvalue weighted by Gasteiger charge is 2.22. The molecule has 1 amide bonds. The number of anilines is 1. The second-order valence-electron chi connectivity index (χ2n) is 6.43. The Labute approximate surface area is 176 Å². The first-order valence-electron chi connectivity index (χ1n) is 9.02. The maximum absolute atomic E-state index is 12.6. The van der Waals surface area contributed by atoms with Gasteiger partial charge in [0.05, 0.1) is 16.7 Å². The summed E-state index contributed by atoms with van der Waals surface area (Å²) in [4.78, 5) is 13.6. The molecule has 1 atom stereocenters. The highest BCUT2D eigenvalue weighted by Crippen LogP contribution is 2.30. The van der Waals surface area contributed by atoms with Crippen molar-refractivity contribution in [3.05, 3.63) is 65.2 Å². The minimum Gasteiger partial charge on any atom is -0.360 e. The van der Waals surface area contributed by atoms with Crippen LogP contribution in [-0.2, 0) is 11.3 Å². The number of thioether (sulfide) groups is 1. The second kappa shape index (κ2) is 8.62. The average molecular weight is 426 g/mol. The van der Waals surface area contributed by atoms with E-state index >= 15 is 0 Å². The number of benzene rings is 1. The van der Waals surface area contributed by atoms with E-state index in [1.807, 2.05) is 42.6 Å². The Hall–Kier alpha value is -2.91. The predicted molar refractivity (Wildman–Crippen MR) is 114 cm³/mol. The summed E-state index contributed by atoms with van der Waals surface area (Å²) in [6.45, 7) is 4.23. The van der Waals surface area contributed by atoms with E-state index < -0.39 is 0 Å². The molecule has 1 unspecified atom stereocenters. The lowest BCUT2D eigenvalue weighted by Gasteiger charge is -2.13. The third-order valence-corrected chi connectivity index (χ3v) is 6.12. The van der Waals surface area contributed by atoms with E-state index in [2.05, 4.69) is 37.4 Å². The normalized spacial score (nSPS) is 12.1. The van der Waals surface area contributed by atoms with Crippen molar-refractivity contribution in [2.45, 2.75) is 30.8 Å². The molecule has 3 aromatic heterocycles. The predicted octanol–water partition coefficient (Wildman–Crippen LogP) is 4.47. The molecule has 4 rings (SSSR count). The van der Waals surface area contributed by atoms with E-state index in [1.165, 1.54) is 11.8 Å². The van der Waals surface area contributed by atoms with Gasteiger partial charge in [0.25, 0.3) is 0 Å². The Morgan fingerprint density at radius 2 is 2.07 bits per heavy atom. The first-order chi connectivity index (χ1) is 14.1. The zero-order valence-electron chi connectivity index (χ0n) is 15.9. The number of hydrogen-bond acceptors (Lipinski definition) is 7. The van der Waals surface area contributed by atoms with Crippen molar-refractivity contribution in [2.75, 3.05) is 5.32 Å². The number of hydrogen-bond donors (Lipinski definition) is 1. The van der Waals surface area contributed by atoms with Crippen LogP contribution in [-0.4, -0.2) is 31.1 Å². The van der Waals surface area contributed by atoms with E-state index in [-0.39, 0.29) is 11.2 Å². The van der Waals surface area contributed by atoms with E-state index in [0.29, 0.717) is 23.3 Å². The minimum absolute atomic E-state index is 0.171. The molecule has 0 aliphatic rings. The Kier molecular flexibility index (Phi) is 5.77. The monoisotopic (exact) mass is 425 g/mol. The van der Waals surface area contributed by atoms with Gasteiger partial charge in [-0.25, -0.2) is 0 Å². The van der Waals surface area contributed by atoms with Crippen molar-refractivity contribution in [1.29, 1.82) is 0 Å². The van der Waals surface area contributed by atoms with Gasteiger partial charge in [0.1, 0.15) is 5.76 Å². The van der Waals surface area contributed by atoms with E-state index in [9.17, 15) is 4.79 Å². The summed E-state index contributed by atoms with van der Waals surface area (Å²) in [6.07, 6.45) is 0. The van der Waals surface area contributed by atoms with Gasteiger partial charge < -0.3 is 9.84 Å². The van der Waals surface area contributed by atoms with Gasteiger partial charge in [-0.1, -0.05) is 53.3 Å². The fraction of sp³-hybridized carbons (Fsp3) is 0.200. The van der Waals surface area contributed by atoms with Gasteiger partial charge in [0.2, 0.25) is 5.91 Å². The van der Waals surface area contributed by atoms with Crippen molar-refractivity contribution in [2.24, 2.45) is 0 Å². The van der Waals surface area contributed by atoms with Gasteiger partial charge in [-0.2, -0.15) is 0 Å². The summed E-state index contributed by atoms with van der Waals surface area (Å²) in [5.74, 6) is 1.68. The lowest BCUT2D eigenvalue weighted by molar-refractivity contribution is -0.115. The zero-order chi connectivity index (χ0) is 20.2.